The number of hydrogen-bond acceptors (Lipinski definition) is 5. The predicted molar refractivity (Wildman–Crippen MR) is 199 cm³/mol. The number of halogens is 2. The fourth-order valence-electron chi connectivity index (χ4n) is 7.25. The molecule has 0 spiro atoms. The maximum atomic E-state index is 14.7. The Kier molecular flexibility index (Phi) is 16.0. The van der Waals surface area contributed by atoms with Gasteiger partial charge in [0.15, 0.2) is 11.2 Å². The summed E-state index contributed by atoms with van der Waals surface area (Å²) < 4.78 is 35.2. The molecule has 9 heteroatoms. The molecule has 3 rings (SSSR count). The summed E-state index contributed by atoms with van der Waals surface area (Å²) in [7, 11) is 0. The largest absolute Gasteiger partial charge is 0.479 e. The smallest absolute Gasteiger partial charge is 0.336 e. The minimum atomic E-state index is -2.63. The molecule has 1 aliphatic heterocycles. The van der Waals surface area contributed by atoms with Gasteiger partial charge >= 0.3 is 5.97 Å². The summed E-state index contributed by atoms with van der Waals surface area (Å²) in [5.74, 6) is -6.40. The molecule has 1 heterocycles. The molecule has 2 aromatic rings. The number of benzene rings is 2. The molecule has 1 aliphatic rings. The van der Waals surface area contributed by atoms with Crippen LogP contribution in [0, 0.1) is 11.8 Å². The van der Waals surface area contributed by atoms with Crippen LogP contribution in [0.15, 0.2) is 72.8 Å². The van der Waals surface area contributed by atoms with Crippen LogP contribution >= 0.6 is 12.2 Å². The molecule has 1 fully saturated rings. The lowest BCUT2D eigenvalue weighted by atomic mass is 9.75. The van der Waals surface area contributed by atoms with E-state index in [1.54, 1.807) is 13.0 Å². The van der Waals surface area contributed by atoms with Crippen LogP contribution in [0.1, 0.15) is 129 Å². The molecule has 0 aliphatic carbocycles. The number of aliphatic carboxylic acids is 1. The Labute approximate surface area is 303 Å². The number of amides is 1. The fourth-order valence-corrected chi connectivity index (χ4v) is 7.59. The van der Waals surface area contributed by atoms with E-state index >= 15 is 0 Å². The van der Waals surface area contributed by atoms with E-state index in [4.69, 9.17) is 17.0 Å². The van der Waals surface area contributed by atoms with E-state index in [2.05, 4.69) is 6.92 Å². The van der Waals surface area contributed by atoms with Crippen LogP contribution in [0.3, 0.4) is 0 Å². The van der Waals surface area contributed by atoms with Crippen molar-refractivity contribution in [3.63, 3.8) is 0 Å². The Morgan fingerprint density at radius 1 is 0.860 bits per heavy atom. The van der Waals surface area contributed by atoms with Gasteiger partial charge < -0.3 is 14.9 Å². The van der Waals surface area contributed by atoms with Gasteiger partial charge in [-0.2, -0.15) is 0 Å². The number of unbranched alkanes of at least 4 members (excludes halogenated alkanes) is 8. The average molecular weight is 714 g/mol. The number of carboxylic acids is 1. The molecule has 0 radical (unpaired) electrons. The van der Waals surface area contributed by atoms with Gasteiger partial charge in [-0.1, -0.05) is 145 Å². The molecule has 1 saturated heterocycles. The summed E-state index contributed by atoms with van der Waals surface area (Å²) in [4.78, 5) is 28.7. The standard InChI is InChI=1S/C41H57F2NO5S/c1-5-7-8-12-21-29-39(42,43)30-22-13-10-9-11-20-27-34(40(48,28-6-2)37(46)47)36(45)44-35(31(3)4)41(49-38(44)50,32-23-16-14-17-24-32)33-25-18-15-19-26-33/h14-20,23-27,31,34-35,48H,5-13,21-22,28-30H2,1-4H3,(H,46,47)/t34-,35?,40+/m1/s1. The molecule has 0 aromatic heterocycles. The number of carbonyl (C=O) groups excluding carboxylic acids is 1. The lowest BCUT2D eigenvalue weighted by Gasteiger charge is -2.39. The van der Waals surface area contributed by atoms with E-state index < -0.39 is 41.0 Å². The summed E-state index contributed by atoms with van der Waals surface area (Å²) in [6.45, 7) is 7.79. The number of ether oxygens (including phenoxy) is 1. The van der Waals surface area contributed by atoms with E-state index in [0.29, 0.717) is 38.5 Å². The quantitative estimate of drug-likeness (QED) is 0.0718. The number of nitrogens with zero attached hydrogens (tertiary/aromatic N) is 1. The highest BCUT2D eigenvalue weighted by Crippen LogP contribution is 2.48. The zero-order valence-electron chi connectivity index (χ0n) is 30.3. The number of carboxylic acid groups (broad SMARTS) is 1. The number of rotatable bonds is 22. The van der Waals surface area contributed by atoms with Gasteiger partial charge in [-0.25, -0.2) is 13.6 Å². The Morgan fingerprint density at radius 2 is 1.38 bits per heavy atom. The van der Waals surface area contributed by atoms with Crippen molar-refractivity contribution in [3.8, 4) is 0 Å². The van der Waals surface area contributed by atoms with Crippen molar-refractivity contribution in [1.82, 2.24) is 4.90 Å². The third-order valence-electron chi connectivity index (χ3n) is 9.83. The number of allylic oxidation sites excluding steroid dienone is 1. The van der Waals surface area contributed by atoms with Crippen LogP contribution in [0.4, 0.5) is 8.78 Å². The first-order chi connectivity index (χ1) is 23.9. The molecule has 0 bridgehead atoms. The number of aliphatic hydroxyl groups is 1. The van der Waals surface area contributed by atoms with Crippen LogP contribution in [-0.2, 0) is 19.9 Å². The van der Waals surface area contributed by atoms with Crippen molar-refractivity contribution in [3.05, 3.63) is 83.9 Å². The normalized spacial score (nSPS) is 18.0. The number of alkyl halides is 2. The number of carbonyl (C=O) groups is 2. The Balaban J connectivity index is 1.80. The highest BCUT2D eigenvalue weighted by Gasteiger charge is 2.60. The molecular weight excluding hydrogens is 657 g/mol. The van der Waals surface area contributed by atoms with Gasteiger partial charge in [0.1, 0.15) is 0 Å². The third-order valence-corrected chi connectivity index (χ3v) is 10.1. The summed E-state index contributed by atoms with van der Waals surface area (Å²) in [6.07, 6.45) is 10.8. The van der Waals surface area contributed by atoms with Crippen LogP contribution in [0.25, 0.3) is 0 Å². The highest BCUT2D eigenvalue weighted by molar-refractivity contribution is 7.80. The van der Waals surface area contributed by atoms with E-state index in [1.807, 2.05) is 74.5 Å². The van der Waals surface area contributed by atoms with Gasteiger partial charge in [0.25, 0.3) is 5.17 Å². The first kappa shape index (κ1) is 41.3. The lowest BCUT2D eigenvalue weighted by Crippen LogP contribution is -2.56. The highest BCUT2D eigenvalue weighted by atomic mass is 32.1. The molecule has 50 heavy (non-hydrogen) atoms. The minimum absolute atomic E-state index is 0.0555. The molecule has 2 aromatic carbocycles. The van der Waals surface area contributed by atoms with E-state index in [1.165, 1.54) is 11.0 Å². The first-order valence-corrected chi connectivity index (χ1v) is 18.9. The average Bonchev–Trinajstić information content (AvgIpc) is 3.42. The van der Waals surface area contributed by atoms with Gasteiger partial charge in [-0.15, -0.1) is 0 Å². The third kappa shape index (κ3) is 10.2. The lowest BCUT2D eigenvalue weighted by molar-refractivity contribution is -0.169. The van der Waals surface area contributed by atoms with E-state index in [-0.39, 0.29) is 30.4 Å². The van der Waals surface area contributed by atoms with E-state index in [0.717, 1.165) is 43.2 Å². The van der Waals surface area contributed by atoms with Gasteiger partial charge in [0, 0.05) is 24.0 Å². The molecule has 1 unspecified atom stereocenters. The van der Waals surface area contributed by atoms with Crippen molar-refractivity contribution in [1.29, 1.82) is 0 Å². The van der Waals surface area contributed by atoms with Gasteiger partial charge in [0.2, 0.25) is 11.8 Å². The van der Waals surface area contributed by atoms with Crippen molar-refractivity contribution in [2.75, 3.05) is 0 Å². The van der Waals surface area contributed by atoms with Crippen molar-refractivity contribution >= 4 is 29.3 Å². The van der Waals surface area contributed by atoms with E-state index in [9.17, 15) is 28.6 Å². The fraction of sp³-hybridized carbons (Fsp3) is 0.585. The number of thiocarbonyl (C=S) groups is 1. The topological polar surface area (TPSA) is 87.1 Å². The summed E-state index contributed by atoms with van der Waals surface area (Å²) >= 11 is 5.77. The van der Waals surface area contributed by atoms with Crippen LogP contribution < -0.4 is 0 Å². The van der Waals surface area contributed by atoms with Gasteiger partial charge in [0.05, 0.1) is 12.0 Å². The molecule has 276 valence electrons. The molecule has 6 nitrogen and oxygen atoms in total. The Hall–Kier alpha value is -3.17. The maximum Gasteiger partial charge on any atom is 0.336 e. The molecular formula is C41H57F2NO5S. The first-order valence-electron chi connectivity index (χ1n) is 18.5. The summed E-state index contributed by atoms with van der Waals surface area (Å²) in [6, 6.07) is 18.4. The Morgan fingerprint density at radius 3 is 1.86 bits per heavy atom. The number of hydrogen-bond donors (Lipinski definition) is 2. The second kappa shape index (κ2) is 19.4. The van der Waals surface area contributed by atoms with Crippen molar-refractivity contribution < 1.29 is 33.3 Å². The molecule has 0 saturated carbocycles. The second-order valence-corrected chi connectivity index (χ2v) is 14.4. The van der Waals surface area contributed by atoms with Gasteiger partial charge in [-0.05, 0) is 50.2 Å². The van der Waals surface area contributed by atoms with Crippen LogP contribution in [0.2, 0.25) is 0 Å². The minimum Gasteiger partial charge on any atom is -0.479 e. The van der Waals surface area contributed by atoms with Crippen LogP contribution in [-0.4, -0.2) is 49.7 Å². The summed E-state index contributed by atoms with van der Waals surface area (Å²) in [5, 5.41) is 21.9. The monoisotopic (exact) mass is 713 g/mol. The van der Waals surface area contributed by atoms with Crippen molar-refractivity contribution in [2.24, 2.45) is 11.8 Å². The SMILES string of the molecule is CCCCCCCC(F)(F)CCCCCCC=C[C@H](C(=O)N1C(=S)OC(c2ccccc2)(c2ccccc2)C1C(C)C)[C@@](O)(CCC)C(=O)O. The zero-order chi connectivity index (χ0) is 36.8. The Bertz CT molecular complexity index is 1350. The predicted octanol–water partition coefficient (Wildman–Crippen LogP) is 10.2. The maximum absolute atomic E-state index is 14.7. The zero-order valence-corrected chi connectivity index (χ0v) is 31.1. The van der Waals surface area contributed by atoms with Crippen molar-refractivity contribution in [2.45, 2.75) is 141 Å². The summed E-state index contributed by atoms with van der Waals surface area (Å²) in [5.41, 5.74) is -1.97. The molecule has 3 atom stereocenters. The van der Waals surface area contributed by atoms with Gasteiger partial charge in [-0.3, -0.25) is 9.69 Å². The molecule has 1 amide bonds. The second-order valence-electron chi connectivity index (χ2n) is 14.1. The molecule has 2 N–H and O–H groups in total. The van der Waals surface area contributed by atoms with Crippen LogP contribution in [0.5, 0.6) is 0 Å².